The van der Waals surface area contributed by atoms with Crippen molar-refractivity contribution in [2.24, 2.45) is 46.3 Å². The largest absolute Gasteiger partial charge is 0.394 e. The summed E-state index contributed by atoms with van der Waals surface area (Å²) >= 11 is 0. The van der Waals surface area contributed by atoms with Crippen LogP contribution in [-0.4, -0.2) is 217 Å². The molecule has 6 aliphatic heterocycles. The average Bonchev–Trinajstić information content (AvgIpc) is 3.81. The van der Waals surface area contributed by atoms with Gasteiger partial charge in [0.05, 0.1) is 44.2 Å². The summed E-state index contributed by atoms with van der Waals surface area (Å²) in [6.07, 6.45) is -21.2. The fraction of sp³-hybridized carbons (Fsp3) is 0.961. The van der Waals surface area contributed by atoms with Crippen LogP contribution in [0, 0.1) is 46.3 Å². The molecule has 0 aromatic heterocycles. The lowest BCUT2D eigenvalue weighted by Gasteiger charge is -2.58. The van der Waals surface area contributed by atoms with Crippen molar-refractivity contribution in [2.45, 2.75) is 240 Å². The second kappa shape index (κ2) is 20.6. The normalized spacial score (nSPS) is 57.8. The summed E-state index contributed by atoms with van der Waals surface area (Å²) < 4.78 is 62.0. The van der Waals surface area contributed by atoms with Gasteiger partial charge in [0, 0.05) is 12.3 Å². The fourth-order valence-electron chi connectivity index (χ4n) is 15.5. The van der Waals surface area contributed by atoms with Gasteiger partial charge in [0.15, 0.2) is 30.9 Å². The SMILES string of the molecule is C[C@@H]1CC[C@@]2(OC1)OC1CC3C4CC=C5C[C@@H](O[C@@H]6O[C@H](CO)[C@@H](O[C@@H]7O[C@@H](C)[C@H](O)[C@@H](O[C@@H]8O[C@H](CO)[C@@H](O)[C@H](O)[C@H]8O)[C@H]7O)[C@H](OC7O[C@@H](C)[C@H](O)[C@@H](O)[C@H]7O)[C@H]6O)CC[C@]5(C)C4CC[C@]3(C)C1[C@@H]2C. The molecule has 1 spiro atoms. The average molecular weight is 1030 g/mol. The Morgan fingerprint density at radius 2 is 1.18 bits per heavy atom. The number of fused-ring (bicyclic) bond motifs is 7. The third kappa shape index (κ3) is 9.09. The van der Waals surface area contributed by atoms with Crippen molar-refractivity contribution in [3.05, 3.63) is 11.6 Å². The Hall–Kier alpha value is -1.10. The Morgan fingerprint density at radius 1 is 0.583 bits per heavy atom. The fourth-order valence-corrected chi connectivity index (χ4v) is 15.5. The number of allylic oxidation sites excluding steroid dienone is 1. The molecule has 0 radical (unpaired) electrons. The summed E-state index contributed by atoms with van der Waals surface area (Å²) in [6, 6.07) is 0. The van der Waals surface area contributed by atoms with E-state index in [1.165, 1.54) is 19.4 Å². The number of ether oxygens (including phenoxy) is 10. The molecule has 0 bridgehead atoms. The molecule has 31 atom stereocenters. The molecule has 10 aliphatic rings. The van der Waals surface area contributed by atoms with E-state index in [1.807, 2.05) is 0 Å². The van der Waals surface area contributed by atoms with Crippen LogP contribution in [0.25, 0.3) is 0 Å². The van der Waals surface area contributed by atoms with E-state index in [9.17, 15) is 56.2 Å². The zero-order valence-corrected chi connectivity index (χ0v) is 42.2. The lowest BCUT2D eigenvalue weighted by atomic mass is 9.47. The summed E-state index contributed by atoms with van der Waals surface area (Å²) in [7, 11) is 0. The molecule has 72 heavy (non-hydrogen) atoms. The molecule has 412 valence electrons. The molecule has 6 heterocycles. The highest BCUT2D eigenvalue weighted by Crippen LogP contribution is 2.71. The molecule has 4 aliphatic carbocycles. The smallest absolute Gasteiger partial charge is 0.187 e. The van der Waals surface area contributed by atoms with Crippen molar-refractivity contribution in [3.8, 4) is 0 Å². The van der Waals surface area contributed by atoms with Gasteiger partial charge in [-0.3, -0.25) is 0 Å². The predicted molar refractivity (Wildman–Crippen MR) is 245 cm³/mol. The summed E-state index contributed by atoms with van der Waals surface area (Å²) in [5, 5.41) is 119. The van der Waals surface area contributed by atoms with Gasteiger partial charge in [-0.15, -0.1) is 0 Å². The van der Waals surface area contributed by atoms with Crippen LogP contribution in [0.1, 0.15) is 99.3 Å². The number of aliphatic hydroxyl groups is 11. The van der Waals surface area contributed by atoms with E-state index >= 15 is 0 Å². The van der Waals surface area contributed by atoms with Gasteiger partial charge in [-0.2, -0.15) is 0 Å². The van der Waals surface area contributed by atoms with Crippen LogP contribution in [0.4, 0.5) is 0 Å². The molecule has 0 aromatic rings. The van der Waals surface area contributed by atoms with Crippen molar-refractivity contribution < 1.29 is 104 Å². The van der Waals surface area contributed by atoms with Crippen molar-refractivity contribution in [2.75, 3.05) is 19.8 Å². The summed E-state index contributed by atoms with van der Waals surface area (Å²) in [4.78, 5) is 0. The molecule has 0 amide bonds. The summed E-state index contributed by atoms with van der Waals surface area (Å²) in [5.74, 6) is 2.43. The zero-order valence-electron chi connectivity index (χ0n) is 42.2. The predicted octanol–water partition coefficient (Wildman–Crippen LogP) is -0.934. The van der Waals surface area contributed by atoms with Gasteiger partial charge in [-0.1, -0.05) is 39.3 Å². The molecule has 6 saturated heterocycles. The molecular weight excluding hydrogens is 949 g/mol. The zero-order chi connectivity index (χ0) is 51.5. The topological polar surface area (TPSA) is 315 Å². The maximum Gasteiger partial charge on any atom is 0.187 e. The van der Waals surface area contributed by atoms with Gasteiger partial charge in [-0.05, 0) is 106 Å². The summed E-state index contributed by atoms with van der Waals surface area (Å²) in [5.41, 5.74) is 1.42. The van der Waals surface area contributed by atoms with E-state index in [0.717, 1.165) is 51.6 Å². The Kier molecular flexibility index (Phi) is 15.5. The minimum atomic E-state index is -1.90. The van der Waals surface area contributed by atoms with Crippen molar-refractivity contribution in [1.82, 2.24) is 0 Å². The van der Waals surface area contributed by atoms with Gasteiger partial charge >= 0.3 is 0 Å². The Bertz CT molecular complexity index is 1900. The number of aliphatic hydroxyl groups excluding tert-OH is 11. The van der Waals surface area contributed by atoms with Crippen molar-refractivity contribution in [1.29, 1.82) is 0 Å². The Labute approximate surface area is 420 Å². The number of hydrogen-bond donors (Lipinski definition) is 11. The highest BCUT2D eigenvalue weighted by Gasteiger charge is 2.69. The van der Waals surface area contributed by atoms with Gasteiger partial charge < -0.3 is 104 Å². The molecule has 9 fully saturated rings. The molecule has 11 N–H and O–H groups in total. The van der Waals surface area contributed by atoms with Crippen LogP contribution in [0.3, 0.4) is 0 Å². The van der Waals surface area contributed by atoms with Crippen LogP contribution in [0.5, 0.6) is 0 Å². The maximum atomic E-state index is 12.3. The maximum absolute atomic E-state index is 12.3. The van der Waals surface area contributed by atoms with Crippen molar-refractivity contribution in [3.63, 3.8) is 0 Å². The van der Waals surface area contributed by atoms with Crippen LogP contribution in [0.2, 0.25) is 0 Å². The molecule has 3 saturated carbocycles. The van der Waals surface area contributed by atoms with Crippen LogP contribution in [0.15, 0.2) is 11.6 Å². The quantitative estimate of drug-likeness (QED) is 0.118. The van der Waals surface area contributed by atoms with E-state index in [4.69, 9.17) is 47.4 Å². The molecule has 0 aromatic carbocycles. The first-order valence-corrected chi connectivity index (χ1v) is 26.7. The second-order valence-corrected chi connectivity index (χ2v) is 23.9. The lowest BCUT2D eigenvalue weighted by Crippen LogP contribution is -2.67. The molecule has 21 heteroatoms. The molecule has 21 nitrogen and oxygen atoms in total. The first kappa shape index (κ1) is 54.3. The van der Waals surface area contributed by atoms with Crippen LogP contribution >= 0.6 is 0 Å². The van der Waals surface area contributed by atoms with Crippen LogP contribution < -0.4 is 0 Å². The minimum absolute atomic E-state index is 0.0607. The van der Waals surface area contributed by atoms with E-state index in [2.05, 4.69) is 33.8 Å². The van der Waals surface area contributed by atoms with E-state index in [0.29, 0.717) is 48.3 Å². The van der Waals surface area contributed by atoms with Crippen molar-refractivity contribution >= 4 is 0 Å². The van der Waals surface area contributed by atoms with Gasteiger partial charge in [0.25, 0.3) is 0 Å². The molecule has 6 unspecified atom stereocenters. The van der Waals surface area contributed by atoms with E-state index < -0.39 is 148 Å². The Morgan fingerprint density at radius 3 is 1.86 bits per heavy atom. The highest BCUT2D eigenvalue weighted by atomic mass is 16.8. The second-order valence-electron chi connectivity index (χ2n) is 23.9. The number of hydrogen-bond acceptors (Lipinski definition) is 21. The lowest BCUT2D eigenvalue weighted by molar-refractivity contribution is -0.395. The van der Waals surface area contributed by atoms with E-state index in [1.54, 1.807) is 0 Å². The highest BCUT2D eigenvalue weighted by molar-refractivity contribution is 5.26. The van der Waals surface area contributed by atoms with Crippen LogP contribution in [-0.2, 0) is 47.4 Å². The third-order valence-corrected chi connectivity index (χ3v) is 19.8. The summed E-state index contributed by atoms with van der Waals surface area (Å²) in [6.45, 7) is 11.7. The standard InChI is InChI=1S/C51H82O21/c1-20-9-14-51(63-19-20)21(2)32-29(72-51)16-28-26-8-7-24-15-25(10-12-49(24,5)27(26)11-13-50(28,32)6)66-48-41(62)44(71-45-38(59)36(57)33(54)22(3)64-45)42(31(18-53)68-48)69-47-40(61)43(34(55)23(4)65-47)70-46-39(60)37(58)35(56)30(17-52)67-46/h7,20-23,25-48,52-62H,8-19H2,1-6H3/t20-,21+,22+,23+,25+,26?,27?,28?,29?,30-,31-,32?,33+,34+,35-,36-,37+,38-,39-,40-,41-,42-,43-,44-,45?,46+,47+,48-,49+,50+,51-/m1/s1. The van der Waals surface area contributed by atoms with E-state index in [-0.39, 0.29) is 16.9 Å². The Balaban J connectivity index is 0.848. The minimum Gasteiger partial charge on any atom is -0.394 e. The van der Waals surface area contributed by atoms with Gasteiger partial charge in [0.2, 0.25) is 0 Å². The molecule has 10 rings (SSSR count). The van der Waals surface area contributed by atoms with Gasteiger partial charge in [-0.25, -0.2) is 0 Å². The third-order valence-electron chi connectivity index (χ3n) is 19.8. The molecular formula is C51H82O21. The first-order valence-electron chi connectivity index (χ1n) is 26.7. The monoisotopic (exact) mass is 1030 g/mol. The first-order chi connectivity index (χ1) is 34.1. The number of rotatable bonds is 10. The van der Waals surface area contributed by atoms with Gasteiger partial charge in [0.1, 0.15) is 85.5 Å².